The molecular formula is C13H15N3O3. The Kier molecular flexibility index (Phi) is 2.67. The number of hydrogen-bond acceptors (Lipinski definition) is 6. The fourth-order valence-electron chi connectivity index (χ4n) is 1.76. The highest BCUT2D eigenvalue weighted by Gasteiger charge is 2.26. The van der Waals surface area contributed by atoms with Crippen LogP contribution in [0.5, 0.6) is 11.5 Å². The molecule has 1 aliphatic rings. The molecule has 6 nitrogen and oxygen atoms in total. The molecule has 0 spiro atoms. The second kappa shape index (κ2) is 4.24. The summed E-state index contributed by atoms with van der Waals surface area (Å²) < 4.78 is 15.8. The summed E-state index contributed by atoms with van der Waals surface area (Å²) >= 11 is 0. The summed E-state index contributed by atoms with van der Waals surface area (Å²) in [6.45, 7) is 4.10. The number of aromatic nitrogens is 2. The normalized spacial score (nSPS) is 16.4. The van der Waals surface area contributed by atoms with Crippen molar-refractivity contribution in [3.8, 4) is 23.0 Å². The highest BCUT2D eigenvalue weighted by Crippen LogP contribution is 2.35. The minimum Gasteiger partial charge on any atom is -0.454 e. The first-order valence-electron chi connectivity index (χ1n) is 6.13. The summed E-state index contributed by atoms with van der Waals surface area (Å²) in [5.41, 5.74) is 6.29. The fraction of sp³-hybridized carbons (Fsp3) is 0.385. The molecule has 0 fully saturated rings. The van der Waals surface area contributed by atoms with Crippen molar-refractivity contribution in [1.29, 1.82) is 0 Å². The predicted molar refractivity (Wildman–Crippen MR) is 67.7 cm³/mol. The van der Waals surface area contributed by atoms with Gasteiger partial charge in [-0.05, 0) is 31.5 Å². The quantitative estimate of drug-likeness (QED) is 0.910. The molecule has 0 bridgehead atoms. The zero-order valence-electron chi connectivity index (χ0n) is 10.8. The van der Waals surface area contributed by atoms with Gasteiger partial charge in [0.2, 0.25) is 6.79 Å². The van der Waals surface area contributed by atoms with Crippen LogP contribution < -0.4 is 15.2 Å². The van der Waals surface area contributed by atoms with Crippen LogP contribution in [0.15, 0.2) is 22.7 Å². The third kappa shape index (κ3) is 2.04. The first-order valence-corrected chi connectivity index (χ1v) is 6.13. The average Bonchev–Trinajstić information content (AvgIpc) is 3.06. The van der Waals surface area contributed by atoms with E-state index >= 15 is 0 Å². The van der Waals surface area contributed by atoms with Crippen LogP contribution in [0.1, 0.15) is 26.1 Å². The van der Waals surface area contributed by atoms with E-state index < -0.39 is 5.54 Å². The van der Waals surface area contributed by atoms with Crippen molar-refractivity contribution in [2.24, 2.45) is 5.73 Å². The van der Waals surface area contributed by atoms with Gasteiger partial charge >= 0.3 is 0 Å². The van der Waals surface area contributed by atoms with Crippen LogP contribution in [-0.2, 0) is 5.54 Å². The van der Waals surface area contributed by atoms with Gasteiger partial charge in [0.1, 0.15) is 0 Å². The zero-order chi connectivity index (χ0) is 13.5. The summed E-state index contributed by atoms with van der Waals surface area (Å²) in [6.07, 6.45) is 0.729. The number of hydrogen-bond donors (Lipinski definition) is 1. The summed E-state index contributed by atoms with van der Waals surface area (Å²) in [4.78, 5) is 4.35. The lowest BCUT2D eigenvalue weighted by Gasteiger charge is -2.16. The first kappa shape index (κ1) is 12.0. The van der Waals surface area contributed by atoms with Gasteiger partial charge in [0.25, 0.3) is 5.89 Å². The Morgan fingerprint density at radius 3 is 2.89 bits per heavy atom. The van der Waals surface area contributed by atoms with E-state index in [1.807, 2.05) is 32.0 Å². The molecule has 0 aliphatic carbocycles. The molecule has 19 heavy (non-hydrogen) atoms. The Morgan fingerprint density at radius 1 is 1.32 bits per heavy atom. The van der Waals surface area contributed by atoms with Gasteiger partial charge in [-0.25, -0.2) is 0 Å². The van der Waals surface area contributed by atoms with E-state index in [1.165, 1.54) is 0 Å². The molecule has 2 aromatic rings. The molecule has 3 rings (SSSR count). The smallest absolute Gasteiger partial charge is 0.258 e. The van der Waals surface area contributed by atoms with E-state index in [0.29, 0.717) is 17.5 Å². The van der Waals surface area contributed by atoms with E-state index in [9.17, 15) is 0 Å². The van der Waals surface area contributed by atoms with Crippen LogP contribution in [-0.4, -0.2) is 16.9 Å². The van der Waals surface area contributed by atoms with Gasteiger partial charge < -0.3 is 19.7 Å². The highest BCUT2D eigenvalue weighted by atomic mass is 16.7. The van der Waals surface area contributed by atoms with E-state index in [2.05, 4.69) is 10.1 Å². The molecule has 6 heteroatoms. The number of ether oxygens (including phenoxy) is 2. The third-order valence-corrected chi connectivity index (χ3v) is 3.29. The maximum absolute atomic E-state index is 6.09. The topological polar surface area (TPSA) is 83.4 Å². The van der Waals surface area contributed by atoms with Crippen molar-refractivity contribution < 1.29 is 14.0 Å². The fourth-order valence-corrected chi connectivity index (χ4v) is 1.76. The lowest BCUT2D eigenvalue weighted by atomic mass is 10.00. The van der Waals surface area contributed by atoms with Crippen molar-refractivity contribution in [3.05, 3.63) is 24.0 Å². The molecular weight excluding hydrogens is 246 g/mol. The average molecular weight is 261 g/mol. The molecule has 0 saturated heterocycles. The van der Waals surface area contributed by atoms with Gasteiger partial charge in [0.15, 0.2) is 17.3 Å². The Hall–Kier alpha value is -2.08. The van der Waals surface area contributed by atoms with E-state index in [-0.39, 0.29) is 6.79 Å². The third-order valence-electron chi connectivity index (χ3n) is 3.29. The molecule has 1 aliphatic heterocycles. The predicted octanol–water partition coefficient (Wildman–Crippen LogP) is 2.05. The summed E-state index contributed by atoms with van der Waals surface area (Å²) in [6, 6.07) is 5.49. The van der Waals surface area contributed by atoms with E-state index in [1.54, 1.807) is 0 Å². The Bertz CT molecular complexity index is 607. The minimum absolute atomic E-state index is 0.241. The maximum atomic E-state index is 6.09. The van der Waals surface area contributed by atoms with Crippen molar-refractivity contribution in [3.63, 3.8) is 0 Å². The number of nitrogens with zero attached hydrogens (tertiary/aromatic N) is 2. The molecule has 1 unspecified atom stereocenters. The SMILES string of the molecule is CCC(C)(N)c1noc(-c2ccc3c(c2)OCO3)n1. The largest absolute Gasteiger partial charge is 0.454 e. The number of benzene rings is 1. The Morgan fingerprint density at radius 2 is 2.11 bits per heavy atom. The van der Waals surface area contributed by atoms with Crippen molar-refractivity contribution in [1.82, 2.24) is 10.1 Å². The highest BCUT2D eigenvalue weighted by molar-refractivity contribution is 5.60. The van der Waals surface area contributed by atoms with Gasteiger partial charge in [-0.1, -0.05) is 12.1 Å². The number of nitrogens with two attached hydrogens (primary N) is 1. The summed E-state index contributed by atoms with van der Waals surface area (Å²) in [5.74, 6) is 2.34. The molecule has 0 amide bonds. The van der Waals surface area contributed by atoms with Gasteiger partial charge in [0.05, 0.1) is 5.54 Å². The lowest BCUT2D eigenvalue weighted by Crippen LogP contribution is -2.33. The van der Waals surface area contributed by atoms with Crippen LogP contribution in [0.2, 0.25) is 0 Å². The van der Waals surface area contributed by atoms with Gasteiger partial charge in [-0.2, -0.15) is 4.98 Å². The molecule has 100 valence electrons. The number of fused-ring (bicyclic) bond motifs is 1. The Labute approximate surface area is 110 Å². The van der Waals surface area contributed by atoms with Gasteiger partial charge in [0, 0.05) is 5.56 Å². The minimum atomic E-state index is -0.585. The van der Waals surface area contributed by atoms with Crippen LogP contribution in [0.25, 0.3) is 11.5 Å². The van der Waals surface area contributed by atoms with Crippen LogP contribution in [0.4, 0.5) is 0 Å². The van der Waals surface area contributed by atoms with Crippen LogP contribution in [0, 0.1) is 0 Å². The molecule has 2 N–H and O–H groups in total. The van der Waals surface area contributed by atoms with E-state index in [4.69, 9.17) is 19.7 Å². The van der Waals surface area contributed by atoms with Gasteiger partial charge in [-0.3, -0.25) is 0 Å². The van der Waals surface area contributed by atoms with Crippen molar-refractivity contribution in [2.45, 2.75) is 25.8 Å². The summed E-state index contributed by atoms with van der Waals surface area (Å²) in [7, 11) is 0. The molecule has 2 heterocycles. The second-order valence-electron chi connectivity index (χ2n) is 4.76. The molecule has 1 aromatic carbocycles. The second-order valence-corrected chi connectivity index (χ2v) is 4.76. The van der Waals surface area contributed by atoms with Crippen molar-refractivity contribution >= 4 is 0 Å². The van der Waals surface area contributed by atoms with Gasteiger partial charge in [-0.15, -0.1) is 0 Å². The van der Waals surface area contributed by atoms with Crippen LogP contribution >= 0.6 is 0 Å². The Balaban J connectivity index is 1.95. The first-order chi connectivity index (χ1) is 9.10. The molecule has 0 saturated carbocycles. The van der Waals surface area contributed by atoms with E-state index in [0.717, 1.165) is 17.7 Å². The standard InChI is InChI=1S/C13H15N3O3/c1-3-13(2,14)12-15-11(19-16-12)8-4-5-9-10(6-8)18-7-17-9/h4-6H,3,7,14H2,1-2H3. The molecule has 1 aromatic heterocycles. The van der Waals surface area contributed by atoms with Crippen molar-refractivity contribution in [2.75, 3.05) is 6.79 Å². The van der Waals surface area contributed by atoms with Crippen LogP contribution in [0.3, 0.4) is 0 Å². The molecule has 1 atom stereocenters. The number of rotatable bonds is 3. The molecule has 0 radical (unpaired) electrons. The summed E-state index contributed by atoms with van der Waals surface area (Å²) in [5, 5.41) is 3.95. The maximum Gasteiger partial charge on any atom is 0.258 e. The zero-order valence-corrected chi connectivity index (χ0v) is 10.8. The lowest BCUT2D eigenvalue weighted by molar-refractivity contribution is 0.174. The monoisotopic (exact) mass is 261 g/mol.